The molecule has 0 aliphatic carbocycles. The molecule has 0 fully saturated rings. The summed E-state index contributed by atoms with van der Waals surface area (Å²) in [5, 5.41) is 8.85. The number of pyridine rings is 1. The van der Waals surface area contributed by atoms with Crippen molar-refractivity contribution in [1.82, 2.24) is 9.99 Å². The van der Waals surface area contributed by atoms with E-state index >= 15 is 0 Å². The minimum Gasteiger partial charge on any atom is -0.493 e. The fourth-order valence-corrected chi connectivity index (χ4v) is 4.65. The Bertz CT molecular complexity index is 1250. The smallest absolute Gasteiger partial charge is 0.302 e. The van der Waals surface area contributed by atoms with Gasteiger partial charge in [-0.15, -0.1) is 0 Å². The molecule has 0 spiro atoms. The lowest BCUT2D eigenvalue weighted by Crippen LogP contribution is -2.35. The van der Waals surface area contributed by atoms with E-state index in [0.717, 1.165) is 23.3 Å². The zero-order valence-electron chi connectivity index (χ0n) is 19.7. The summed E-state index contributed by atoms with van der Waals surface area (Å²) in [6.07, 6.45) is 2.31. The third-order valence-corrected chi connectivity index (χ3v) is 6.77. The number of para-hydroxylation sites is 1. The fourth-order valence-electron chi connectivity index (χ4n) is 3.71. The van der Waals surface area contributed by atoms with Crippen molar-refractivity contribution in [2.24, 2.45) is 5.10 Å². The fraction of sp³-hybridized carbons (Fsp3) is 0.231. The molecule has 2 heterocycles. The number of ether oxygens (including phenoxy) is 2. The summed E-state index contributed by atoms with van der Waals surface area (Å²) in [6, 6.07) is 18.1. The lowest BCUT2D eigenvalue weighted by Gasteiger charge is -2.29. The van der Waals surface area contributed by atoms with Crippen molar-refractivity contribution in [2.75, 3.05) is 19.5 Å². The maximum atomic E-state index is 13.0. The highest BCUT2D eigenvalue weighted by Crippen LogP contribution is 2.34. The van der Waals surface area contributed by atoms with Gasteiger partial charge < -0.3 is 14.8 Å². The first-order valence-corrected chi connectivity index (χ1v) is 12.0. The quantitative estimate of drug-likeness (QED) is 0.466. The van der Waals surface area contributed by atoms with Crippen LogP contribution in [0.4, 0.5) is 10.5 Å². The van der Waals surface area contributed by atoms with Crippen LogP contribution in [0.25, 0.3) is 0 Å². The monoisotopic (exact) mass is 490 g/mol. The first kappa shape index (κ1) is 24.3. The number of nitrogens with one attached hydrogen (secondary N) is 1. The van der Waals surface area contributed by atoms with Gasteiger partial charge in [-0.1, -0.05) is 43.0 Å². The summed E-state index contributed by atoms with van der Waals surface area (Å²) in [7, 11) is 3.17. The van der Waals surface area contributed by atoms with Gasteiger partial charge in [-0.05, 0) is 48.4 Å². The molecule has 1 aliphatic rings. The Kier molecular flexibility index (Phi) is 7.67. The molecule has 9 heteroatoms. The Morgan fingerprint density at radius 1 is 1.06 bits per heavy atom. The van der Waals surface area contributed by atoms with Crippen molar-refractivity contribution in [2.45, 2.75) is 25.1 Å². The topological polar surface area (TPSA) is 93.1 Å². The molecule has 1 N–H and O–H groups in total. The summed E-state index contributed by atoms with van der Waals surface area (Å²) in [5.74, 6) is 0.899. The number of hydrazone groups is 1. The Balaban J connectivity index is 1.63. The van der Waals surface area contributed by atoms with Crippen molar-refractivity contribution in [3.05, 3.63) is 83.7 Å². The van der Waals surface area contributed by atoms with E-state index in [1.54, 1.807) is 44.7 Å². The molecule has 4 rings (SSSR count). The van der Waals surface area contributed by atoms with Crippen LogP contribution in [0.2, 0.25) is 0 Å². The Labute approximate surface area is 208 Å². The second-order valence-corrected chi connectivity index (χ2v) is 8.87. The third kappa shape index (κ3) is 5.46. The minimum atomic E-state index is -0.321. The Hall–Kier alpha value is -3.85. The van der Waals surface area contributed by atoms with E-state index in [1.165, 1.54) is 16.8 Å². The first-order valence-electron chi connectivity index (χ1n) is 11.1. The third-order valence-electron chi connectivity index (χ3n) is 5.52. The van der Waals surface area contributed by atoms with Gasteiger partial charge in [0.2, 0.25) is 0 Å². The minimum absolute atomic E-state index is 0.0871. The van der Waals surface area contributed by atoms with E-state index in [4.69, 9.17) is 14.6 Å². The number of aromatic nitrogens is 1. The Morgan fingerprint density at radius 2 is 1.83 bits per heavy atom. The van der Waals surface area contributed by atoms with Crippen LogP contribution in [-0.4, -0.2) is 46.3 Å². The highest BCUT2D eigenvalue weighted by atomic mass is 32.2. The van der Waals surface area contributed by atoms with Gasteiger partial charge in [-0.2, -0.15) is 5.10 Å². The maximum absolute atomic E-state index is 13.0. The molecule has 3 aromatic rings. The van der Waals surface area contributed by atoms with Crippen molar-refractivity contribution in [3.63, 3.8) is 0 Å². The van der Waals surface area contributed by atoms with Gasteiger partial charge in [0.25, 0.3) is 5.91 Å². The van der Waals surface area contributed by atoms with Gasteiger partial charge in [0.1, 0.15) is 5.69 Å². The molecule has 0 radical (unpaired) electrons. The van der Waals surface area contributed by atoms with Crippen LogP contribution in [0.15, 0.2) is 72.0 Å². The first-order chi connectivity index (χ1) is 17.0. The van der Waals surface area contributed by atoms with Crippen LogP contribution in [0, 0.1) is 0 Å². The van der Waals surface area contributed by atoms with Gasteiger partial charge in [0.15, 0.2) is 11.5 Å². The number of methoxy groups -OCH3 is 2. The SMILES string of the molecule is CCC1SC(=O)N(Cc2ccccc2NC(=O)c2ccccn2)N=C1c1ccc(OC)c(OC)c1. The average molecular weight is 491 g/mol. The van der Waals surface area contributed by atoms with Crippen LogP contribution in [0.5, 0.6) is 11.5 Å². The number of thioether (sulfide) groups is 1. The van der Waals surface area contributed by atoms with Crippen LogP contribution in [0.1, 0.15) is 35.0 Å². The van der Waals surface area contributed by atoms with Gasteiger partial charge >= 0.3 is 5.24 Å². The number of hydrogen-bond acceptors (Lipinski definition) is 7. The predicted octanol–water partition coefficient (Wildman–Crippen LogP) is 5.20. The van der Waals surface area contributed by atoms with Crippen molar-refractivity contribution in [3.8, 4) is 11.5 Å². The van der Waals surface area contributed by atoms with E-state index in [9.17, 15) is 9.59 Å². The molecule has 0 saturated carbocycles. The number of rotatable bonds is 8. The number of benzene rings is 2. The van der Waals surface area contributed by atoms with E-state index in [1.807, 2.05) is 43.3 Å². The summed E-state index contributed by atoms with van der Waals surface area (Å²) in [6.45, 7) is 2.23. The molecule has 0 saturated heterocycles. The van der Waals surface area contributed by atoms with E-state index < -0.39 is 0 Å². The zero-order chi connectivity index (χ0) is 24.8. The number of amides is 2. The molecule has 1 aromatic heterocycles. The maximum Gasteiger partial charge on any atom is 0.302 e. The second-order valence-electron chi connectivity index (χ2n) is 7.72. The number of hydrogen-bond donors (Lipinski definition) is 1. The van der Waals surface area contributed by atoms with Gasteiger partial charge in [0.05, 0.1) is 31.7 Å². The van der Waals surface area contributed by atoms with E-state index in [-0.39, 0.29) is 22.9 Å². The lowest BCUT2D eigenvalue weighted by molar-refractivity contribution is 0.102. The van der Waals surface area contributed by atoms with Gasteiger partial charge in [-0.3, -0.25) is 14.6 Å². The molecule has 0 bridgehead atoms. The molecule has 2 amide bonds. The van der Waals surface area contributed by atoms with Crippen LogP contribution < -0.4 is 14.8 Å². The number of carbonyl (C=O) groups excluding carboxylic acids is 2. The lowest BCUT2D eigenvalue weighted by atomic mass is 10.0. The van der Waals surface area contributed by atoms with Crippen LogP contribution in [0.3, 0.4) is 0 Å². The predicted molar refractivity (Wildman–Crippen MR) is 137 cm³/mol. The summed E-state index contributed by atoms with van der Waals surface area (Å²) >= 11 is 1.24. The molecule has 35 heavy (non-hydrogen) atoms. The second kappa shape index (κ2) is 11.1. The zero-order valence-corrected chi connectivity index (χ0v) is 20.5. The van der Waals surface area contributed by atoms with Crippen molar-refractivity contribution >= 4 is 34.3 Å². The van der Waals surface area contributed by atoms with Crippen LogP contribution in [-0.2, 0) is 6.54 Å². The highest BCUT2D eigenvalue weighted by molar-refractivity contribution is 8.14. The largest absolute Gasteiger partial charge is 0.493 e. The summed E-state index contributed by atoms with van der Waals surface area (Å²) in [4.78, 5) is 29.7. The summed E-state index contributed by atoms with van der Waals surface area (Å²) < 4.78 is 10.8. The Morgan fingerprint density at radius 3 is 2.54 bits per heavy atom. The number of carbonyl (C=O) groups is 2. The average Bonchev–Trinajstić information content (AvgIpc) is 2.90. The molecule has 8 nitrogen and oxygen atoms in total. The van der Waals surface area contributed by atoms with Gasteiger partial charge in [-0.25, -0.2) is 5.01 Å². The highest BCUT2D eigenvalue weighted by Gasteiger charge is 2.31. The molecule has 2 aromatic carbocycles. The molecule has 180 valence electrons. The van der Waals surface area contributed by atoms with Crippen molar-refractivity contribution < 1.29 is 19.1 Å². The molecule has 1 atom stereocenters. The summed E-state index contributed by atoms with van der Waals surface area (Å²) in [5.41, 5.74) is 3.31. The normalized spacial score (nSPS) is 15.4. The van der Waals surface area contributed by atoms with Crippen LogP contribution >= 0.6 is 11.8 Å². The standard InChI is InChI=1S/C26H26N4O4S/c1-4-23-24(17-12-13-21(33-2)22(15-17)34-3)29-30(26(32)35-23)16-18-9-5-6-10-19(18)28-25(31)20-11-7-8-14-27-20/h5-15,23H,4,16H2,1-3H3,(H,28,31). The molecular weight excluding hydrogens is 464 g/mol. The number of nitrogens with zero attached hydrogens (tertiary/aromatic N) is 3. The van der Waals surface area contributed by atoms with E-state index in [2.05, 4.69) is 10.3 Å². The molecule has 1 unspecified atom stereocenters. The van der Waals surface area contributed by atoms with E-state index in [0.29, 0.717) is 22.9 Å². The molecule has 1 aliphatic heterocycles. The van der Waals surface area contributed by atoms with Crippen molar-refractivity contribution in [1.29, 1.82) is 0 Å². The van der Waals surface area contributed by atoms with Gasteiger partial charge in [0, 0.05) is 17.4 Å². The number of anilines is 1. The molecular formula is C26H26N4O4S.